The lowest BCUT2D eigenvalue weighted by Crippen LogP contribution is -2.11. The molecule has 0 spiro atoms. The van der Waals surface area contributed by atoms with Crippen molar-refractivity contribution in [3.05, 3.63) is 86.5 Å². The third-order valence-corrected chi connectivity index (χ3v) is 12.7. The zero-order chi connectivity index (χ0) is 42.0. The van der Waals surface area contributed by atoms with Gasteiger partial charge >= 0.3 is 8.60 Å². The Labute approximate surface area is 360 Å². The van der Waals surface area contributed by atoms with Gasteiger partial charge in [0.25, 0.3) is 0 Å². The molecule has 0 bridgehead atoms. The molecule has 3 rings (SSSR count). The molecule has 0 aromatic heterocycles. The van der Waals surface area contributed by atoms with E-state index in [1.54, 1.807) is 0 Å². The molecule has 0 atom stereocenters. The van der Waals surface area contributed by atoms with Gasteiger partial charge in [-0.05, 0) is 166 Å². The molecule has 0 aliphatic carbocycles. The number of aryl methyl sites for hydroxylation is 9. The maximum absolute atomic E-state index is 7.49. The fraction of sp³-hybridized carbons (Fsp3) is 0.667. The quantitative estimate of drug-likeness (QED) is 0.0573. The van der Waals surface area contributed by atoms with E-state index >= 15 is 0 Å². The molecule has 0 aliphatic heterocycles. The van der Waals surface area contributed by atoms with E-state index in [1.807, 2.05) is 0 Å². The van der Waals surface area contributed by atoms with Crippen molar-refractivity contribution in [1.29, 1.82) is 0 Å². The summed E-state index contributed by atoms with van der Waals surface area (Å²) in [7, 11) is -1.84. The van der Waals surface area contributed by atoms with Crippen LogP contribution in [0.1, 0.15) is 228 Å². The molecule has 0 radical (unpaired) electrons. The smallest absolute Gasteiger partial charge is 0.408 e. The predicted octanol–water partition coefficient (Wildman–Crippen LogP) is 17.5. The van der Waals surface area contributed by atoms with Gasteiger partial charge in [0.2, 0.25) is 0 Å². The lowest BCUT2D eigenvalue weighted by Gasteiger charge is -2.27. The number of benzene rings is 3. The van der Waals surface area contributed by atoms with Crippen molar-refractivity contribution in [3.8, 4) is 17.2 Å². The minimum absolute atomic E-state index is 1.01. The van der Waals surface area contributed by atoms with Gasteiger partial charge in [0.15, 0.2) is 0 Å². The van der Waals surface area contributed by atoms with Gasteiger partial charge in [0.05, 0.1) is 0 Å². The van der Waals surface area contributed by atoms with Crippen molar-refractivity contribution in [1.82, 2.24) is 0 Å². The first-order valence-corrected chi connectivity index (χ1v) is 25.8. The highest BCUT2D eigenvalue weighted by Crippen LogP contribution is 2.49. The Balaban J connectivity index is 2.36. The van der Waals surface area contributed by atoms with Crippen molar-refractivity contribution in [2.24, 2.45) is 0 Å². The fourth-order valence-corrected chi connectivity index (χ4v) is 9.27. The minimum atomic E-state index is -1.84. The number of hydrogen-bond donors (Lipinski definition) is 0. The highest BCUT2D eigenvalue weighted by molar-refractivity contribution is 7.43. The van der Waals surface area contributed by atoms with Gasteiger partial charge < -0.3 is 13.6 Å². The van der Waals surface area contributed by atoms with Crippen LogP contribution < -0.4 is 13.6 Å². The van der Waals surface area contributed by atoms with Crippen LogP contribution in [-0.4, -0.2) is 0 Å². The Morgan fingerprint density at radius 2 is 0.448 bits per heavy atom. The average molecular weight is 815 g/mol. The molecule has 3 aromatic rings. The zero-order valence-corrected chi connectivity index (χ0v) is 40.1. The molecule has 58 heavy (non-hydrogen) atoms. The first kappa shape index (κ1) is 49.8. The summed E-state index contributed by atoms with van der Waals surface area (Å²) in [5.41, 5.74) is 12.4. The summed E-state index contributed by atoms with van der Waals surface area (Å²) in [6.45, 7) is 20.7. The molecule has 0 aliphatic rings. The van der Waals surface area contributed by atoms with Crippen LogP contribution in [0.4, 0.5) is 0 Å². The van der Waals surface area contributed by atoms with Crippen LogP contribution in [0, 0.1) is 0 Å². The number of unbranched alkanes of at least 4 members (excludes halogenated alkanes) is 9. The fourth-order valence-electron chi connectivity index (χ4n) is 8.00. The van der Waals surface area contributed by atoms with Crippen molar-refractivity contribution >= 4 is 8.60 Å². The van der Waals surface area contributed by atoms with E-state index in [2.05, 4.69) is 98.7 Å². The SMILES string of the molecule is CCCCc1cc(CCCC)c(OP(Oc2c(CCCC)cc(CCCC)cc2CCCC)Oc2c(CCCC)cc(CCCC)cc2CCCC)c(CCCC)c1. The molecular weight excluding hydrogens is 728 g/mol. The molecule has 0 saturated heterocycles. The summed E-state index contributed by atoms with van der Waals surface area (Å²) in [4.78, 5) is 0. The van der Waals surface area contributed by atoms with Crippen LogP contribution in [0.15, 0.2) is 36.4 Å². The van der Waals surface area contributed by atoms with E-state index in [4.69, 9.17) is 13.6 Å². The Kier molecular flexibility index (Phi) is 25.5. The average Bonchev–Trinajstić information content (AvgIpc) is 3.24. The maximum atomic E-state index is 7.49. The molecule has 3 nitrogen and oxygen atoms in total. The van der Waals surface area contributed by atoms with Crippen molar-refractivity contribution in [2.75, 3.05) is 0 Å². The van der Waals surface area contributed by atoms with Gasteiger partial charge in [-0.25, -0.2) is 0 Å². The van der Waals surface area contributed by atoms with Gasteiger partial charge in [-0.1, -0.05) is 156 Å². The molecule has 0 unspecified atom stereocenters. The van der Waals surface area contributed by atoms with Crippen LogP contribution >= 0.6 is 8.60 Å². The monoisotopic (exact) mass is 815 g/mol. The highest BCUT2D eigenvalue weighted by atomic mass is 31.2. The first-order chi connectivity index (χ1) is 28.4. The molecule has 0 heterocycles. The second kappa shape index (κ2) is 29.7. The van der Waals surface area contributed by atoms with E-state index in [0.29, 0.717) is 0 Å². The highest BCUT2D eigenvalue weighted by Gasteiger charge is 2.29. The maximum Gasteiger partial charge on any atom is 0.530 e. The summed E-state index contributed by atoms with van der Waals surface area (Å²) in [6.07, 6.45) is 30.5. The van der Waals surface area contributed by atoms with E-state index in [9.17, 15) is 0 Å². The summed E-state index contributed by atoms with van der Waals surface area (Å²) in [6, 6.07) is 14.8. The summed E-state index contributed by atoms with van der Waals surface area (Å²) in [5, 5.41) is 0. The van der Waals surface area contributed by atoms with E-state index in [-0.39, 0.29) is 0 Å². The molecule has 0 amide bonds. The molecular formula is C54H87O3P. The zero-order valence-electron chi connectivity index (χ0n) is 39.2. The Hall–Kier alpha value is -2.51. The lowest BCUT2D eigenvalue weighted by atomic mass is 9.95. The molecule has 4 heteroatoms. The van der Waals surface area contributed by atoms with Crippen LogP contribution in [0.25, 0.3) is 0 Å². The van der Waals surface area contributed by atoms with Gasteiger partial charge in [-0.15, -0.1) is 0 Å². The van der Waals surface area contributed by atoms with Crippen LogP contribution in [0.5, 0.6) is 17.2 Å². The third kappa shape index (κ3) is 16.9. The van der Waals surface area contributed by atoms with E-state index in [0.717, 1.165) is 152 Å². The molecule has 0 N–H and O–H groups in total. The molecule has 326 valence electrons. The predicted molar refractivity (Wildman–Crippen MR) is 256 cm³/mol. The molecule has 0 fully saturated rings. The summed E-state index contributed by atoms with van der Waals surface area (Å²) >= 11 is 0. The minimum Gasteiger partial charge on any atom is -0.408 e. The van der Waals surface area contributed by atoms with Crippen LogP contribution in [0.3, 0.4) is 0 Å². The van der Waals surface area contributed by atoms with Gasteiger partial charge in [-0.3, -0.25) is 0 Å². The van der Waals surface area contributed by atoms with Crippen molar-refractivity contribution in [2.45, 2.75) is 236 Å². The molecule has 0 saturated carbocycles. The first-order valence-electron chi connectivity index (χ1n) is 24.7. The lowest BCUT2D eigenvalue weighted by molar-refractivity contribution is 0.376. The largest absolute Gasteiger partial charge is 0.530 e. The van der Waals surface area contributed by atoms with Crippen molar-refractivity contribution < 1.29 is 13.6 Å². The van der Waals surface area contributed by atoms with E-state index < -0.39 is 8.60 Å². The van der Waals surface area contributed by atoms with Gasteiger partial charge in [0, 0.05) is 0 Å². The number of hydrogen-bond acceptors (Lipinski definition) is 3. The second-order valence-electron chi connectivity index (χ2n) is 17.2. The third-order valence-electron chi connectivity index (χ3n) is 11.7. The summed E-state index contributed by atoms with van der Waals surface area (Å²) in [5.74, 6) is 3.09. The topological polar surface area (TPSA) is 27.7 Å². The van der Waals surface area contributed by atoms with E-state index in [1.165, 1.54) is 88.6 Å². The summed E-state index contributed by atoms with van der Waals surface area (Å²) < 4.78 is 22.5. The Morgan fingerprint density at radius 1 is 0.276 bits per heavy atom. The Morgan fingerprint density at radius 3 is 0.621 bits per heavy atom. The number of rotatable bonds is 33. The van der Waals surface area contributed by atoms with Gasteiger partial charge in [-0.2, -0.15) is 0 Å². The molecule has 3 aromatic carbocycles. The standard InChI is InChI=1S/C54H87O3P/c1-10-19-28-43-37-46(31-22-13-4)52(47(38-43)32-23-14-5)55-58(56-53-48(33-24-15-6)39-44(29-20-11-2)40-49(53)34-25-16-7)57-54-50(35-26-17-8)41-45(30-21-12-3)42-51(54)36-27-18-9/h37-42H,10-36H2,1-9H3. The van der Waals surface area contributed by atoms with Crippen LogP contribution in [-0.2, 0) is 57.8 Å². The second-order valence-corrected chi connectivity index (χ2v) is 18.2. The van der Waals surface area contributed by atoms with Crippen LogP contribution in [0.2, 0.25) is 0 Å². The Bertz CT molecular complexity index is 1290. The van der Waals surface area contributed by atoms with Crippen molar-refractivity contribution in [3.63, 3.8) is 0 Å². The van der Waals surface area contributed by atoms with Gasteiger partial charge in [0.1, 0.15) is 17.2 Å². The normalized spacial score (nSPS) is 11.5.